The fourth-order valence-corrected chi connectivity index (χ4v) is 1.21. The van der Waals surface area contributed by atoms with E-state index in [9.17, 15) is 9.59 Å². The molecule has 1 amide bonds. The van der Waals surface area contributed by atoms with E-state index in [1.165, 1.54) is 12.3 Å². The first-order valence-electron chi connectivity index (χ1n) is 3.68. The van der Waals surface area contributed by atoms with Crippen molar-refractivity contribution in [1.29, 1.82) is 0 Å². The number of furan rings is 1. The molecule has 0 saturated heterocycles. The number of ketones is 1. The normalized spacial score (nSPS) is 16.7. The van der Waals surface area contributed by atoms with Crippen LogP contribution >= 0.6 is 0 Å². The third-order valence-electron chi connectivity index (χ3n) is 1.81. The predicted molar refractivity (Wildman–Crippen MR) is 40.0 cm³/mol. The van der Waals surface area contributed by atoms with E-state index in [1.54, 1.807) is 0 Å². The largest absolute Gasteiger partial charge is 0.458 e. The summed E-state index contributed by atoms with van der Waals surface area (Å²) < 4.78 is 4.89. The summed E-state index contributed by atoms with van der Waals surface area (Å²) in [5, 5.41) is 2.56. The zero-order valence-corrected chi connectivity index (χ0v) is 6.29. The van der Waals surface area contributed by atoms with Crippen LogP contribution in [0.25, 0.3) is 0 Å². The van der Waals surface area contributed by atoms with Gasteiger partial charge in [-0.25, -0.2) is 0 Å². The van der Waals surface area contributed by atoms with Crippen LogP contribution in [0.1, 0.15) is 27.3 Å². The van der Waals surface area contributed by atoms with Crippen LogP contribution in [0.5, 0.6) is 0 Å². The van der Waals surface area contributed by atoms with Gasteiger partial charge in [-0.3, -0.25) is 9.59 Å². The molecule has 0 atom stereocenters. The van der Waals surface area contributed by atoms with Gasteiger partial charge in [-0.15, -0.1) is 0 Å². The van der Waals surface area contributed by atoms with Crippen LogP contribution < -0.4 is 5.32 Å². The van der Waals surface area contributed by atoms with E-state index in [2.05, 4.69) is 5.32 Å². The molecule has 0 aromatic carbocycles. The Morgan fingerprint density at radius 1 is 1.42 bits per heavy atom. The molecule has 62 valence electrons. The van der Waals surface area contributed by atoms with Crippen LogP contribution in [0, 0.1) is 0 Å². The molecule has 0 radical (unpaired) electrons. The molecule has 2 rings (SSSR count). The molecule has 4 heteroatoms. The van der Waals surface area contributed by atoms with Crippen LogP contribution in [0.3, 0.4) is 0 Å². The van der Waals surface area contributed by atoms with Crippen molar-refractivity contribution in [1.82, 2.24) is 5.32 Å². The summed E-state index contributed by atoms with van der Waals surface area (Å²) in [6.45, 7) is 0.391. The van der Waals surface area contributed by atoms with E-state index < -0.39 is 0 Å². The molecule has 1 N–H and O–H groups in total. The SMILES string of the molecule is O=C1CCNC(=O)c2occc21. The number of hydrogen-bond acceptors (Lipinski definition) is 3. The van der Waals surface area contributed by atoms with Crippen LogP contribution in [-0.2, 0) is 0 Å². The highest BCUT2D eigenvalue weighted by Crippen LogP contribution is 2.14. The average Bonchev–Trinajstić information content (AvgIpc) is 2.47. The second kappa shape index (κ2) is 2.48. The number of amides is 1. The van der Waals surface area contributed by atoms with E-state index in [0.29, 0.717) is 18.5 Å². The molecule has 0 spiro atoms. The molecule has 1 aliphatic heterocycles. The van der Waals surface area contributed by atoms with Gasteiger partial charge >= 0.3 is 0 Å². The number of fused-ring (bicyclic) bond motifs is 1. The highest BCUT2D eigenvalue weighted by Gasteiger charge is 2.23. The van der Waals surface area contributed by atoms with Crippen molar-refractivity contribution >= 4 is 11.7 Å². The van der Waals surface area contributed by atoms with Crippen molar-refractivity contribution in [3.8, 4) is 0 Å². The summed E-state index contributed by atoms with van der Waals surface area (Å²) in [7, 11) is 0. The number of carbonyl (C=O) groups is 2. The smallest absolute Gasteiger partial charge is 0.287 e. The van der Waals surface area contributed by atoms with Crippen molar-refractivity contribution in [2.45, 2.75) is 6.42 Å². The van der Waals surface area contributed by atoms with Crippen LogP contribution in [0.4, 0.5) is 0 Å². The van der Waals surface area contributed by atoms with Crippen molar-refractivity contribution < 1.29 is 14.0 Å². The van der Waals surface area contributed by atoms with E-state index in [-0.39, 0.29) is 17.5 Å². The monoisotopic (exact) mass is 165 g/mol. The van der Waals surface area contributed by atoms with E-state index >= 15 is 0 Å². The molecule has 1 aliphatic rings. The summed E-state index contributed by atoms with van der Waals surface area (Å²) in [6, 6.07) is 1.53. The minimum atomic E-state index is -0.305. The maximum atomic E-state index is 11.3. The topological polar surface area (TPSA) is 59.3 Å². The number of nitrogens with one attached hydrogen (secondary N) is 1. The zero-order chi connectivity index (χ0) is 8.55. The van der Waals surface area contributed by atoms with Gasteiger partial charge < -0.3 is 9.73 Å². The maximum Gasteiger partial charge on any atom is 0.287 e. The van der Waals surface area contributed by atoms with Crippen LogP contribution in [0.15, 0.2) is 16.7 Å². The molecule has 0 aliphatic carbocycles. The lowest BCUT2D eigenvalue weighted by Gasteiger charge is -1.94. The Hall–Kier alpha value is -1.58. The summed E-state index contributed by atoms with van der Waals surface area (Å²) in [5.74, 6) is -0.213. The molecule has 2 heterocycles. The lowest BCUT2D eigenvalue weighted by molar-refractivity contribution is 0.0928. The zero-order valence-electron chi connectivity index (χ0n) is 6.29. The standard InChI is InChI=1S/C8H7NO3/c10-6-1-3-9-8(11)7-5(6)2-4-12-7/h2,4H,1,3H2,(H,9,11). The molecule has 0 fully saturated rings. The molecule has 1 aromatic rings. The van der Waals surface area contributed by atoms with Crippen molar-refractivity contribution in [3.05, 3.63) is 23.7 Å². The van der Waals surface area contributed by atoms with Crippen LogP contribution in [-0.4, -0.2) is 18.2 Å². The van der Waals surface area contributed by atoms with E-state index in [4.69, 9.17) is 4.42 Å². The fourth-order valence-electron chi connectivity index (χ4n) is 1.21. The Morgan fingerprint density at radius 2 is 2.25 bits per heavy atom. The molecular weight excluding hydrogens is 158 g/mol. The quantitative estimate of drug-likeness (QED) is 0.612. The molecular formula is C8H7NO3. The Kier molecular flexibility index (Phi) is 1.46. The van der Waals surface area contributed by atoms with Crippen molar-refractivity contribution in [2.75, 3.05) is 6.54 Å². The van der Waals surface area contributed by atoms with Crippen LogP contribution in [0.2, 0.25) is 0 Å². The van der Waals surface area contributed by atoms with Gasteiger partial charge in [0.25, 0.3) is 5.91 Å². The third kappa shape index (κ3) is 0.922. The lowest BCUT2D eigenvalue weighted by Crippen LogP contribution is -2.22. The minimum absolute atomic E-state index is 0.0444. The lowest BCUT2D eigenvalue weighted by atomic mass is 10.1. The summed E-state index contributed by atoms with van der Waals surface area (Å²) in [4.78, 5) is 22.4. The summed E-state index contributed by atoms with van der Waals surface area (Å²) in [6.07, 6.45) is 1.70. The van der Waals surface area contributed by atoms with Gasteiger partial charge in [0.15, 0.2) is 5.78 Å². The van der Waals surface area contributed by atoms with Gasteiger partial charge in [-0.05, 0) is 6.07 Å². The second-order valence-electron chi connectivity index (χ2n) is 2.59. The van der Waals surface area contributed by atoms with Crippen molar-refractivity contribution in [3.63, 3.8) is 0 Å². The van der Waals surface area contributed by atoms with E-state index in [0.717, 1.165) is 0 Å². The minimum Gasteiger partial charge on any atom is -0.458 e. The second-order valence-corrected chi connectivity index (χ2v) is 2.59. The molecule has 12 heavy (non-hydrogen) atoms. The van der Waals surface area contributed by atoms with Gasteiger partial charge in [0.1, 0.15) is 0 Å². The number of rotatable bonds is 0. The molecule has 4 nitrogen and oxygen atoms in total. The highest BCUT2D eigenvalue weighted by molar-refractivity contribution is 6.08. The van der Waals surface area contributed by atoms with Gasteiger partial charge in [-0.1, -0.05) is 0 Å². The van der Waals surface area contributed by atoms with Crippen molar-refractivity contribution in [2.24, 2.45) is 0 Å². The first-order chi connectivity index (χ1) is 5.79. The number of carbonyl (C=O) groups excluding carboxylic acids is 2. The van der Waals surface area contributed by atoms with Gasteiger partial charge in [0, 0.05) is 13.0 Å². The Balaban J connectivity index is 2.52. The van der Waals surface area contributed by atoms with Gasteiger partial charge in [0.05, 0.1) is 11.8 Å². The Labute approximate surface area is 68.6 Å². The Morgan fingerprint density at radius 3 is 3.08 bits per heavy atom. The molecule has 1 aromatic heterocycles. The fraction of sp³-hybridized carbons (Fsp3) is 0.250. The highest BCUT2D eigenvalue weighted by atomic mass is 16.3. The third-order valence-corrected chi connectivity index (χ3v) is 1.81. The van der Waals surface area contributed by atoms with Gasteiger partial charge in [0.2, 0.25) is 5.76 Å². The maximum absolute atomic E-state index is 11.3. The first kappa shape index (κ1) is 7.09. The number of Topliss-reactive ketones (excluding diaryl/α,β-unsaturated/α-hetero) is 1. The predicted octanol–water partition coefficient (Wildman–Crippen LogP) is 0.596. The average molecular weight is 165 g/mol. The Bertz CT molecular complexity index is 309. The molecule has 0 unspecified atom stereocenters. The van der Waals surface area contributed by atoms with Gasteiger partial charge in [-0.2, -0.15) is 0 Å². The van der Waals surface area contributed by atoms with E-state index in [1.807, 2.05) is 0 Å². The number of hydrogen-bond donors (Lipinski definition) is 1. The first-order valence-corrected chi connectivity index (χ1v) is 3.68. The molecule has 0 bridgehead atoms. The summed E-state index contributed by atoms with van der Waals surface area (Å²) in [5.41, 5.74) is 0.394. The summed E-state index contributed by atoms with van der Waals surface area (Å²) >= 11 is 0. The molecule has 0 saturated carbocycles.